The summed E-state index contributed by atoms with van der Waals surface area (Å²) in [5.41, 5.74) is 1.05. The van der Waals surface area contributed by atoms with Crippen LogP contribution in [-0.2, 0) is 4.74 Å². The lowest BCUT2D eigenvalue weighted by Gasteiger charge is -1.89. The Morgan fingerprint density at radius 1 is 1.64 bits per heavy atom. The van der Waals surface area contributed by atoms with Gasteiger partial charge in [0.15, 0.2) is 5.69 Å². The van der Waals surface area contributed by atoms with E-state index in [9.17, 15) is 4.79 Å². The zero-order valence-electron chi connectivity index (χ0n) is 7.39. The van der Waals surface area contributed by atoms with Gasteiger partial charge in [-0.05, 0) is 11.4 Å². The van der Waals surface area contributed by atoms with Crippen molar-refractivity contribution >= 4 is 17.3 Å². The maximum atomic E-state index is 11.1. The monoisotopic (exact) mass is 209 g/mol. The number of rotatable bonds is 2. The van der Waals surface area contributed by atoms with Crippen LogP contribution in [0.3, 0.4) is 0 Å². The summed E-state index contributed by atoms with van der Waals surface area (Å²) < 4.78 is 9.63. The molecule has 0 aliphatic heterocycles. The average molecular weight is 209 g/mol. The van der Waals surface area contributed by atoms with E-state index in [1.165, 1.54) is 13.4 Å². The number of ether oxygens (including phenoxy) is 1. The Bertz CT molecular complexity index is 433. The van der Waals surface area contributed by atoms with Gasteiger partial charge in [0.2, 0.25) is 5.89 Å². The van der Waals surface area contributed by atoms with E-state index >= 15 is 0 Å². The minimum absolute atomic E-state index is 0.189. The van der Waals surface area contributed by atoms with Gasteiger partial charge < -0.3 is 9.15 Å². The third-order valence-electron chi connectivity index (χ3n) is 1.67. The van der Waals surface area contributed by atoms with E-state index in [0.717, 1.165) is 5.56 Å². The lowest BCUT2D eigenvalue weighted by atomic mass is 10.3. The molecule has 0 fully saturated rings. The van der Waals surface area contributed by atoms with Gasteiger partial charge in [-0.25, -0.2) is 9.78 Å². The highest BCUT2D eigenvalue weighted by Gasteiger charge is 2.13. The molecule has 0 spiro atoms. The predicted octanol–water partition coefficient (Wildman–Crippen LogP) is 2.19. The highest BCUT2D eigenvalue weighted by atomic mass is 32.1. The predicted molar refractivity (Wildman–Crippen MR) is 51.2 cm³/mol. The van der Waals surface area contributed by atoms with Crippen molar-refractivity contribution in [2.75, 3.05) is 7.11 Å². The second kappa shape index (κ2) is 3.63. The SMILES string of the molecule is COC(=O)c1coc(-c2ccsc2)n1. The smallest absolute Gasteiger partial charge is 0.360 e. The van der Waals surface area contributed by atoms with Crippen molar-refractivity contribution in [2.45, 2.75) is 0 Å². The molecular formula is C9H7NO3S. The van der Waals surface area contributed by atoms with Crippen molar-refractivity contribution < 1.29 is 13.9 Å². The average Bonchev–Trinajstić information content (AvgIpc) is 2.86. The van der Waals surface area contributed by atoms with Crippen LogP contribution in [-0.4, -0.2) is 18.1 Å². The van der Waals surface area contributed by atoms with E-state index in [-0.39, 0.29) is 5.69 Å². The number of esters is 1. The van der Waals surface area contributed by atoms with Gasteiger partial charge in [0, 0.05) is 10.9 Å². The molecule has 0 aliphatic carbocycles. The van der Waals surface area contributed by atoms with Gasteiger partial charge in [0.1, 0.15) is 6.26 Å². The summed E-state index contributed by atoms with van der Waals surface area (Å²) in [4.78, 5) is 15.0. The van der Waals surface area contributed by atoms with Crippen molar-refractivity contribution in [1.29, 1.82) is 0 Å². The molecule has 2 rings (SSSR count). The Kier molecular flexibility index (Phi) is 2.32. The first-order valence-corrected chi connectivity index (χ1v) is 4.82. The molecular weight excluding hydrogens is 202 g/mol. The molecule has 0 unspecified atom stereocenters. The van der Waals surface area contributed by atoms with E-state index in [1.807, 2.05) is 16.8 Å². The molecule has 72 valence electrons. The van der Waals surface area contributed by atoms with Crippen LogP contribution in [0.1, 0.15) is 10.5 Å². The largest absolute Gasteiger partial charge is 0.464 e. The first-order chi connectivity index (χ1) is 6.81. The number of nitrogens with zero attached hydrogens (tertiary/aromatic N) is 1. The second-order valence-electron chi connectivity index (χ2n) is 2.54. The van der Waals surface area contributed by atoms with Crippen molar-refractivity contribution in [1.82, 2.24) is 4.98 Å². The van der Waals surface area contributed by atoms with Crippen molar-refractivity contribution in [2.24, 2.45) is 0 Å². The lowest BCUT2D eigenvalue weighted by molar-refractivity contribution is 0.0594. The van der Waals surface area contributed by atoms with E-state index in [1.54, 1.807) is 11.3 Å². The van der Waals surface area contributed by atoms with Gasteiger partial charge in [-0.15, -0.1) is 0 Å². The van der Waals surface area contributed by atoms with Crippen LogP contribution >= 0.6 is 11.3 Å². The molecule has 0 bridgehead atoms. The maximum absolute atomic E-state index is 11.1. The minimum atomic E-state index is -0.491. The fourth-order valence-corrected chi connectivity index (χ4v) is 1.62. The van der Waals surface area contributed by atoms with Gasteiger partial charge >= 0.3 is 5.97 Å². The number of aromatic nitrogens is 1. The van der Waals surface area contributed by atoms with Crippen LogP contribution in [0.25, 0.3) is 11.5 Å². The highest BCUT2D eigenvalue weighted by molar-refractivity contribution is 7.08. The Morgan fingerprint density at radius 2 is 2.50 bits per heavy atom. The summed E-state index contributed by atoms with van der Waals surface area (Å²) >= 11 is 1.54. The Balaban J connectivity index is 2.31. The Hall–Kier alpha value is -1.62. The number of oxazole rings is 1. The van der Waals surface area contributed by atoms with Gasteiger partial charge in [-0.2, -0.15) is 11.3 Å². The summed E-state index contributed by atoms with van der Waals surface area (Å²) in [5.74, 6) is -0.0538. The number of thiophene rings is 1. The van der Waals surface area contributed by atoms with Crippen LogP contribution in [0.15, 0.2) is 27.5 Å². The van der Waals surface area contributed by atoms with E-state index in [4.69, 9.17) is 4.42 Å². The minimum Gasteiger partial charge on any atom is -0.464 e. The zero-order chi connectivity index (χ0) is 9.97. The number of carbonyl (C=O) groups is 1. The van der Waals surface area contributed by atoms with E-state index in [2.05, 4.69) is 9.72 Å². The lowest BCUT2D eigenvalue weighted by Crippen LogP contribution is -2.00. The van der Waals surface area contributed by atoms with Crippen LogP contribution < -0.4 is 0 Å². The normalized spacial score (nSPS) is 10.1. The van der Waals surface area contributed by atoms with Crippen LogP contribution in [0.5, 0.6) is 0 Å². The second-order valence-corrected chi connectivity index (χ2v) is 3.32. The van der Waals surface area contributed by atoms with Gasteiger partial charge in [-0.3, -0.25) is 0 Å². The molecule has 5 heteroatoms. The molecule has 0 atom stereocenters. The molecule has 0 amide bonds. The fraction of sp³-hybridized carbons (Fsp3) is 0.111. The van der Waals surface area contributed by atoms with E-state index < -0.39 is 5.97 Å². The number of hydrogen-bond acceptors (Lipinski definition) is 5. The third kappa shape index (κ3) is 1.54. The quantitative estimate of drug-likeness (QED) is 0.711. The topological polar surface area (TPSA) is 52.3 Å². The molecule has 4 nitrogen and oxygen atoms in total. The summed E-state index contributed by atoms with van der Waals surface area (Å²) in [5, 5.41) is 3.81. The molecule has 2 heterocycles. The molecule has 2 aromatic rings. The highest BCUT2D eigenvalue weighted by Crippen LogP contribution is 2.21. The standard InChI is InChI=1S/C9H7NO3S/c1-12-9(11)7-4-13-8(10-7)6-2-3-14-5-6/h2-5H,1H3. The molecule has 14 heavy (non-hydrogen) atoms. The molecule has 0 N–H and O–H groups in total. The molecule has 0 radical (unpaired) electrons. The number of hydrogen-bond donors (Lipinski definition) is 0. The Morgan fingerprint density at radius 3 is 3.14 bits per heavy atom. The third-order valence-corrected chi connectivity index (χ3v) is 2.35. The van der Waals surface area contributed by atoms with Crippen molar-refractivity contribution in [3.05, 3.63) is 28.8 Å². The zero-order valence-corrected chi connectivity index (χ0v) is 8.21. The van der Waals surface area contributed by atoms with Crippen LogP contribution in [0.4, 0.5) is 0 Å². The first-order valence-electron chi connectivity index (χ1n) is 3.87. The summed E-state index contributed by atoms with van der Waals surface area (Å²) in [6, 6.07) is 1.87. The van der Waals surface area contributed by atoms with E-state index in [0.29, 0.717) is 5.89 Å². The molecule has 2 aromatic heterocycles. The summed E-state index contributed by atoms with van der Waals surface area (Å²) in [6.45, 7) is 0. The number of methoxy groups -OCH3 is 1. The van der Waals surface area contributed by atoms with Crippen LogP contribution in [0, 0.1) is 0 Å². The molecule has 0 aromatic carbocycles. The molecule has 0 aliphatic rings. The molecule has 0 saturated heterocycles. The molecule has 0 saturated carbocycles. The summed E-state index contributed by atoms with van der Waals surface area (Å²) in [6.07, 6.45) is 1.29. The first kappa shape index (κ1) is 8.96. The van der Waals surface area contributed by atoms with Crippen LogP contribution in [0.2, 0.25) is 0 Å². The van der Waals surface area contributed by atoms with Crippen molar-refractivity contribution in [3.63, 3.8) is 0 Å². The Labute approximate surface area is 84.1 Å². The van der Waals surface area contributed by atoms with Crippen molar-refractivity contribution in [3.8, 4) is 11.5 Å². The van der Waals surface area contributed by atoms with Gasteiger partial charge in [0.25, 0.3) is 0 Å². The van der Waals surface area contributed by atoms with Gasteiger partial charge in [-0.1, -0.05) is 0 Å². The number of carbonyl (C=O) groups excluding carboxylic acids is 1. The maximum Gasteiger partial charge on any atom is 0.360 e. The fourth-order valence-electron chi connectivity index (χ4n) is 0.991. The summed E-state index contributed by atoms with van der Waals surface area (Å²) in [7, 11) is 1.31. The van der Waals surface area contributed by atoms with Gasteiger partial charge in [0.05, 0.1) is 7.11 Å².